The lowest BCUT2D eigenvalue weighted by molar-refractivity contribution is -0.203. The fourth-order valence-corrected chi connectivity index (χ4v) is 3.78. The van der Waals surface area contributed by atoms with E-state index in [2.05, 4.69) is 0 Å². The second-order valence-corrected chi connectivity index (χ2v) is 6.10. The Morgan fingerprint density at radius 2 is 2.00 bits per heavy atom. The molecule has 7 heteroatoms. The third-order valence-corrected chi connectivity index (χ3v) is 4.38. The Hall–Kier alpha value is -0.430. The van der Waals surface area contributed by atoms with E-state index in [0.717, 1.165) is 16.7 Å². The topological polar surface area (TPSA) is 46.3 Å². The predicted octanol–water partition coefficient (Wildman–Crippen LogP) is 0.938. The van der Waals surface area contributed by atoms with E-state index in [0.29, 0.717) is 0 Å². The smallest absolute Gasteiger partial charge is 0.317 e. The summed E-state index contributed by atoms with van der Waals surface area (Å²) in [4.78, 5) is 12.1. The number of fused-ring (bicyclic) bond motifs is 1. The van der Waals surface area contributed by atoms with E-state index in [1.807, 2.05) is 0 Å². The number of hydrogen-bond donors (Lipinski definition) is 1. The van der Waals surface area contributed by atoms with Gasteiger partial charge in [-0.15, -0.1) is 11.8 Å². The summed E-state index contributed by atoms with van der Waals surface area (Å²) in [5.74, 6) is -0.597. The molecule has 15 heavy (non-hydrogen) atoms. The lowest BCUT2D eigenvalue weighted by atomic mass is 9.96. The fraction of sp³-hybridized carbons (Fsp3) is 0.875. The van der Waals surface area contributed by atoms with Gasteiger partial charge in [-0.3, -0.25) is 4.79 Å². The van der Waals surface area contributed by atoms with Crippen molar-refractivity contribution in [1.82, 2.24) is 4.90 Å². The summed E-state index contributed by atoms with van der Waals surface area (Å²) in [5.41, 5.74) is 5.45. The Kier molecular flexibility index (Phi) is 2.08. The van der Waals surface area contributed by atoms with Crippen molar-refractivity contribution in [3.63, 3.8) is 0 Å². The number of carbonyl (C=O) groups excluding carboxylic acids is 1. The van der Waals surface area contributed by atoms with Crippen LogP contribution in [0.2, 0.25) is 0 Å². The van der Waals surface area contributed by atoms with Gasteiger partial charge in [-0.1, -0.05) is 0 Å². The monoisotopic (exact) mass is 240 g/mol. The van der Waals surface area contributed by atoms with Crippen LogP contribution in [0.25, 0.3) is 0 Å². The molecule has 2 saturated heterocycles. The quantitative estimate of drug-likeness (QED) is 0.641. The zero-order chi connectivity index (χ0) is 11.6. The molecule has 0 aromatic rings. The maximum absolute atomic E-state index is 12.8. The first-order valence-corrected chi connectivity index (χ1v) is 5.36. The molecule has 0 spiro atoms. The Balaban J connectivity index is 2.33. The minimum atomic E-state index is -4.39. The SMILES string of the molecule is CC1(C)S[C@@H]2[C@H](N)C(=O)N2[C@H]1C(F)(F)F. The molecule has 0 bridgehead atoms. The second kappa shape index (κ2) is 2.82. The molecule has 2 aliphatic heterocycles. The summed E-state index contributed by atoms with van der Waals surface area (Å²) < 4.78 is 37.3. The summed E-state index contributed by atoms with van der Waals surface area (Å²) in [6.07, 6.45) is -4.39. The lowest BCUT2D eigenvalue weighted by Crippen LogP contribution is -2.69. The number of nitrogens with two attached hydrogens (primary N) is 1. The minimum Gasteiger partial charge on any atom is -0.317 e. The molecule has 0 aliphatic carbocycles. The number of alkyl halides is 3. The van der Waals surface area contributed by atoms with Crippen LogP contribution in [0.1, 0.15) is 13.8 Å². The molecule has 2 fully saturated rings. The predicted molar refractivity (Wildman–Crippen MR) is 50.1 cm³/mol. The average Bonchev–Trinajstić information content (AvgIpc) is 2.33. The standard InChI is InChI=1S/C8H11F3N2OS/c1-7(2)6(8(9,10)11)13-4(14)3(12)5(13)15-7/h3,5-6H,12H2,1-2H3/t3-,5-,6-/m1/s1. The van der Waals surface area contributed by atoms with Gasteiger partial charge in [-0.25, -0.2) is 0 Å². The first-order valence-electron chi connectivity index (χ1n) is 4.48. The minimum absolute atomic E-state index is 0.515. The van der Waals surface area contributed by atoms with Crippen LogP contribution in [0.5, 0.6) is 0 Å². The number of halogens is 3. The van der Waals surface area contributed by atoms with Crippen LogP contribution in [-0.2, 0) is 4.79 Å². The Bertz CT molecular complexity index is 317. The van der Waals surface area contributed by atoms with Crippen LogP contribution < -0.4 is 5.73 Å². The van der Waals surface area contributed by atoms with Gasteiger partial charge in [0.25, 0.3) is 0 Å². The van der Waals surface area contributed by atoms with E-state index < -0.39 is 34.3 Å². The highest BCUT2D eigenvalue weighted by Crippen LogP contribution is 2.54. The van der Waals surface area contributed by atoms with Gasteiger partial charge in [0, 0.05) is 4.75 Å². The highest BCUT2D eigenvalue weighted by molar-refractivity contribution is 8.01. The van der Waals surface area contributed by atoms with Crippen LogP contribution >= 0.6 is 11.8 Å². The number of nitrogens with zero attached hydrogens (tertiary/aromatic N) is 1. The Morgan fingerprint density at radius 1 is 1.47 bits per heavy atom. The molecule has 0 aromatic carbocycles. The molecule has 0 saturated carbocycles. The molecule has 2 aliphatic rings. The largest absolute Gasteiger partial charge is 0.410 e. The number of amides is 1. The zero-order valence-corrected chi connectivity index (χ0v) is 9.02. The van der Waals surface area contributed by atoms with Crippen molar-refractivity contribution < 1.29 is 18.0 Å². The number of β-lactam (4-membered cyclic amide) rings is 1. The van der Waals surface area contributed by atoms with Crippen molar-refractivity contribution in [1.29, 1.82) is 0 Å². The maximum Gasteiger partial charge on any atom is 0.410 e. The summed E-state index contributed by atoms with van der Waals surface area (Å²) in [7, 11) is 0. The van der Waals surface area contributed by atoms with Crippen molar-refractivity contribution in [3.8, 4) is 0 Å². The van der Waals surface area contributed by atoms with Crippen molar-refractivity contribution >= 4 is 17.7 Å². The van der Waals surface area contributed by atoms with Gasteiger partial charge in [-0.2, -0.15) is 13.2 Å². The van der Waals surface area contributed by atoms with Gasteiger partial charge in [0.2, 0.25) is 5.91 Å². The number of rotatable bonds is 0. The highest BCUT2D eigenvalue weighted by atomic mass is 32.2. The normalized spacial score (nSPS) is 38.9. The van der Waals surface area contributed by atoms with E-state index >= 15 is 0 Å². The van der Waals surface area contributed by atoms with Gasteiger partial charge < -0.3 is 10.6 Å². The molecule has 0 aromatic heterocycles. The molecule has 2 heterocycles. The first kappa shape index (κ1) is 11.1. The highest BCUT2D eigenvalue weighted by Gasteiger charge is 2.67. The van der Waals surface area contributed by atoms with Gasteiger partial charge >= 0.3 is 6.18 Å². The van der Waals surface area contributed by atoms with Crippen LogP contribution in [0, 0.1) is 0 Å². The average molecular weight is 240 g/mol. The maximum atomic E-state index is 12.8. The molecule has 2 rings (SSSR count). The van der Waals surface area contributed by atoms with E-state index in [-0.39, 0.29) is 0 Å². The second-order valence-electron chi connectivity index (χ2n) is 4.33. The van der Waals surface area contributed by atoms with E-state index in [9.17, 15) is 18.0 Å². The molecular weight excluding hydrogens is 229 g/mol. The molecule has 1 amide bonds. The van der Waals surface area contributed by atoms with E-state index in [1.54, 1.807) is 0 Å². The molecule has 3 atom stereocenters. The first-order chi connectivity index (χ1) is 6.66. The van der Waals surface area contributed by atoms with Crippen molar-refractivity contribution in [2.75, 3.05) is 0 Å². The third kappa shape index (κ3) is 1.36. The van der Waals surface area contributed by atoms with Gasteiger partial charge in [-0.05, 0) is 13.8 Å². The van der Waals surface area contributed by atoms with Crippen molar-refractivity contribution in [2.24, 2.45) is 5.73 Å². The van der Waals surface area contributed by atoms with Gasteiger partial charge in [0.15, 0.2) is 0 Å². The van der Waals surface area contributed by atoms with Crippen LogP contribution in [0.4, 0.5) is 13.2 Å². The molecule has 0 radical (unpaired) electrons. The number of carbonyl (C=O) groups is 1. The number of hydrogen-bond acceptors (Lipinski definition) is 3. The Labute approximate surface area is 89.2 Å². The van der Waals surface area contributed by atoms with Crippen molar-refractivity contribution in [3.05, 3.63) is 0 Å². The van der Waals surface area contributed by atoms with Crippen LogP contribution in [0.15, 0.2) is 0 Å². The van der Waals surface area contributed by atoms with Crippen molar-refractivity contribution in [2.45, 2.75) is 42.2 Å². The lowest BCUT2D eigenvalue weighted by Gasteiger charge is -2.43. The molecule has 2 N–H and O–H groups in total. The van der Waals surface area contributed by atoms with E-state index in [4.69, 9.17) is 5.73 Å². The zero-order valence-electron chi connectivity index (χ0n) is 8.21. The van der Waals surface area contributed by atoms with Gasteiger partial charge in [0.05, 0.1) is 0 Å². The molecular formula is C8H11F3N2OS. The van der Waals surface area contributed by atoms with Crippen LogP contribution in [0.3, 0.4) is 0 Å². The fourth-order valence-electron chi connectivity index (χ4n) is 2.18. The van der Waals surface area contributed by atoms with Gasteiger partial charge in [0.1, 0.15) is 17.5 Å². The summed E-state index contributed by atoms with van der Waals surface area (Å²) >= 11 is 1.12. The third-order valence-electron chi connectivity index (χ3n) is 2.79. The molecule has 3 nitrogen and oxygen atoms in total. The van der Waals surface area contributed by atoms with Crippen LogP contribution in [-0.4, -0.2) is 39.2 Å². The summed E-state index contributed by atoms with van der Waals surface area (Å²) in [6, 6.07) is -2.49. The number of thioether (sulfide) groups is 1. The summed E-state index contributed by atoms with van der Waals surface area (Å²) in [5, 5.41) is -0.515. The molecule has 0 unspecified atom stereocenters. The molecule has 86 valence electrons. The Morgan fingerprint density at radius 3 is 2.47 bits per heavy atom. The summed E-state index contributed by atoms with van der Waals surface area (Å²) in [6.45, 7) is 2.99. The van der Waals surface area contributed by atoms with E-state index in [1.165, 1.54) is 13.8 Å².